The highest BCUT2D eigenvalue weighted by atomic mass is 31.2. The van der Waals surface area contributed by atoms with Gasteiger partial charge in [0.2, 0.25) is 0 Å². The van der Waals surface area contributed by atoms with Crippen molar-refractivity contribution < 1.29 is 4.92 Å². The maximum absolute atomic E-state index is 11.4. The Bertz CT molecular complexity index is 1210. The van der Waals surface area contributed by atoms with Crippen LogP contribution < -0.4 is 5.30 Å². The Morgan fingerprint density at radius 1 is 1.06 bits per heavy atom. The van der Waals surface area contributed by atoms with Crippen molar-refractivity contribution >= 4 is 23.9 Å². The smallest absolute Gasteiger partial charge is 0.271 e. The van der Waals surface area contributed by atoms with Crippen LogP contribution in [0.15, 0.2) is 53.3 Å². The van der Waals surface area contributed by atoms with Crippen LogP contribution >= 0.6 is 7.21 Å². The Kier molecular flexibility index (Phi) is 6.45. The van der Waals surface area contributed by atoms with E-state index in [0.717, 1.165) is 27.9 Å². The van der Waals surface area contributed by atoms with Crippen molar-refractivity contribution in [2.75, 3.05) is 14.1 Å². The zero-order valence-corrected chi connectivity index (χ0v) is 21.0. The summed E-state index contributed by atoms with van der Waals surface area (Å²) in [6, 6.07) is 15.0. The molecular formula is C24H32N5O2P. The molecule has 3 aromatic rings. The monoisotopic (exact) mass is 453 g/mol. The lowest BCUT2D eigenvalue weighted by molar-refractivity contribution is -0.384. The van der Waals surface area contributed by atoms with Crippen molar-refractivity contribution in [3.63, 3.8) is 0 Å². The molecule has 0 fully saturated rings. The molecular weight excluding hydrogens is 421 g/mol. The van der Waals surface area contributed by atoms with Gasteiger partial charge in [-0.15, -0.1) is 0 Å². The van der Waals surface area contributed by atoms with E-state index in [0.29, 0.717) is 5.69 Å². The lowest BCUT2D eigenvalue weighted by Crippen LogP contribution is -2.34. The summed E-state index contributed by atoms with van der Waals surface area (Å²) in [5.74, 6) is 0. The first kappa shape index (κ1) is 23.9. The first-order valence-electron chi connectivity index (χ1n) is 10.6. The predicted molar refractivity (Wildman–Crippen MR) is 133 cm³/mol. The van der Waals surface area contributed by atoms with Crippen LogP contribution in [-0.2, 0) is 0 Å². The first-order valence-corrected chi connectivity index (χ1v) is 12.3. The van der Waals surface area contributed by atoms with Crippen LogP contribution in [0, 0.1) is 30.9 Å². The molecule has 0 aliphatic heterocycles. The summed E-state index contributed by atoms with van der Waals surface area (Å²) in [5.41, 5.74) is 4.58. The fraction of sp³-hybridized carbons (Fsp3) is 0.375. The van der Waals surface area contributed by atoms with Gasteiger partial charge in [0.25, 0.3) is 5.69 Å². The number of nitrogens with zero attached hydrogens (tertiary/aromatic N) is 5. The first-order chi connectivity index (χ1) is 14.9. The summed E-state index contributed by atoms with van der Waals surface area (Å²) in [6.07, 6.45) is 0. The lowest BCUT2D eigenvalue weighted by Gasteiger charge is -2.42. The number of nitro benzene ring substituents is 1. The van der Waals surface area contributed by atoms with E-state index in [1.54, 1.807) is 12.1 Å². The largest absolute Gasteiger partial charge is 0.271 e. The van der Waals surface area contributed by atoms with Gasteiger partial charge in [-0.3, -0.25) is 14.8 Å². The number of aromatic nitrogens is 2. The molecule has 8 heteroatoms. The topological polar surface area (TPSA) is 76.6 Å². The van der Waals surface area contributed by atoms with Crippen LogP contribution in [0.1, 0.15) is 37.7 Å². The maximum atomic E-state index is 11.4. The highest BCUT2D eigenvalue weighted by Gasteiger charge is 2.42. The SMILES string of the molecule is Cc1ccc([N+](=O)[O-])cc1N=[P@@](c1c(C)nn(-c2ccccc2)c1C)(N(C)C)C(C)(C)C. The highest BCUT2D eigenvalue weighted by Crippen LogP contribution is 2.64. The van der Waals surface area contributed by atoms with Gasteiger partial charge in [0.1, 0.15) is 0 Å². The molecule has 0 unspecified atom stereocenters. The van der Waals surface area contributed by atoms with E-state index in [9.17, 15) is 10.1 Å². The fourth-order valence-electron chi connectivity index (χ4n) is 4.31. The Hall–Kier alpha value is -2.76. The van der Waals surface area contributed by atoms with Gasteiger partial charge in [-0.05, 0) is 52.6 Å². The average Bonchev–Trinajstić information content (AvgIpc) is 3.01. The van der Waals surface area contributed by atoms with Crippen molar-refractivity contribution in [1.29, 1.82) is 0 Å². The van der Waals surface area contributed by atoms with E-state index in [-0.39, 0.29) is 15.8 Å². The molecule has 0 saturated heterocycles. The molecule has 0 N–H and O–H groups in total. The summed E-state index contributed by atoms with van der Waals surface area (Å²) >= 11 is 0. The molecule has 0 spiro atoms. The number of hydrogen-bond acceptors (Lipinski definition) is 4. The molecule has 3 rings (SSSR count). The third kappa shape index (κ3) is 4.03. The van der Waals surface area contributed by atoms with Gasteiger partial charge in [0.05, 0.1) is 40.2 Å². The van der Waals surface area contributed by atoms with E-state index in [4.69, 9.17) is 9.84 Å². The minimum absolute atomic E-state index is 0.0496. The highest BCUT2D eigenvalue weighted by molar-refractivity contribution is 7.73. The third-order valence-electron chi connectivity index (χ3n) is 5.74. The van der Waals surface area contributed by atoms with Gasteiger partial charge in [-0.1, -0.05) is 45.0 Å². The standard InChI is InChI=1S/C24H32N5O2P/c1-17-14-15-21(29(30)31)16-22(17)26-32(27(7)8,24(4,5)6)23-18(2)25-28(19(23)3)20-12-10-9-11-13-20/h9-16H,1-8H3/t32-/m0/s1. The summed E-state index contributed by atoms with van der Waals surface area (Å²) in [5, 5.41) is 17.2. The van der Waals surface area contributed by atoms with Crippen molar-refractivity contribution in [2.45, 2.75) is 46.7 Å². The molecule has 170 valence electrons. The summed E-state index contributed by atoms with van der Waals surface area (Å²) < 4.78 is 9.56. The van der Waals surface area contributed by atoms with E-state index in [1.165, 1.54) is 6.07 Å². The van der Waals surface area contributed by atoms with Crippen molar-refractivity contribution in [1.82, 2.24) is 14.5 Å². The van der Waals surface area contributed by atoms with Crippen LogP contribution in [0.5, 0.6) is 0 Å². The van der Waals surface area contributed by atoms with Gasteiger partial charge in [-0.25, -0.2) is 9.43 Å². The number of para-hydroxylation sites is 1. The van der Waals surface area contributed by atoms with Crippen molar-refractivity contribution in [2.24, 2.45) is 4.74 Å². The molecule has 0 bridgehead atoms. The molecule has 0 aliphatic rings. The number of aryl methyl sites for hydroxylation is 2. The lowest BCUT2D eigenvalue weighted by atomic mass is 10.2. The van der Waals surface area contributed by atoms with Gasteiger partial charge >= 0.3 is 0 Å². The fourth-order valence-corrected chi connectivity index (χ4v) is 8.73. The van der Waals surface area contributed by atoms with Crippen LogP contribution in [-0.4, -0.2) is 38.6 Å². The van der Waals surface area contributed by atoms with Gasteiger partial charge in [0.15, 0.2) is 0 Å². The number of hydrogen-bond donors (Lipinski definition) is 0. The Labute approximate surface area is 190 Å². The van der Waals surface area contributed by atoms with E-state index < -0.39 is 7.21 Å². The van der Waals surface area contributed by atoms with E-state index in [1.807, 2.05) is 63.0 Å². The normalized spacial score (nSPS) is 13.8. The summed E-state index contributed by atoms with van der Waals surface area (Å²) in [4.78, 5) is 11.1. The number of rotatable bonds is 5. The third-order valence-corrected chi connectivity index (χ3v) is 10.5. The molecule has 0 saturated carbocycles. The molecule has 1 atom stereocenters. The van der Waals surface area contributed by atoms with Gasteiger partial charge in [0, 0.05) is 17.3 Å². The Morgan fingerprint density at radius 2 is 1.69 bits per heavy atom. The second-order valence-corrected chi connectivity index (χ2v) is 13.2. The minimum atomic E-state index is -2.43. The maximum Gasteiger partial charge on any atom is 0.271 e. The molecule has 0 aliphatic carbocycles. The van der Waals surface area contributed by atoms with Crippen LogP contribution in [0.2, 0.25) is 0 Å². The second-order valence-electron chi connectivity index (χ2n) is 9.21. The zero-order valence-electron chi connectivity index (χ0n) is 20.1. The molecule has 1 aromatic heterocycles. The predicted octanol–water partition coefficient (Wildman–Crippen LogP) is 6.14. The molecule has 7 nitrogen and oxygen atoms in total. The molecule has 1 heterocycles. The Morgan fingerprint density at radius 3 is 2.22 bits per heavy atom. The summed E-state index contributed by atoms with van der Waals surface area (Å²) in [7, 11) is 1.67. The number of non-ortho nitro benzene ring substituents is 1. The molecule has 2 aromatic carbocycles. The minimum Gasteiger partial charge on any atom is -0.271 e. The average molecular weight is 454 g/mol. The molecule has 32 heavy (non-hydrogen) atoms. The zero-order chi connectivity index (χ0) is 23.8. The van der Waals surface area contributed by atoms with Gasteiger partial charge in [-0.2, -0.15) is 5.10 Å². The second kappa shape index (κ2) is 8.64. The van der Waals surface area contributed by atoms with E-state index in [2.05, 4.69) is 32.4 Å². The Balaban J connectivity index is 2.43. The molecule has 0 amide bonds. The number of benzene rings is 2. The van der Waals surface area contributed by atoms with Crippen LogP contribution in [0.4, 0.5) is 11.4 Å². The quantitative estimate of drug-likeness (QED) is 0.264. The number of nitro groups is 1. The van der Waals surface area contributed by atoms with Crippen molar-refractivity contribution in [3.05, 3.63) is 75.6 Å². The summed E-state index contributed by atoms with van der Waals surface area (Å²) in [6.45, 7) is 12.6. The van der Waals surface area contributed by atoms with E-state index >= 15 is 0 Å². The van der Waals surface area contributed by atoms with Crippen LogP contribution in [0.25, 0.3) is 5.69 Å². The van der Waals surface area contributed by atoms with Gasteiger partial charge < -0.3 is 0 Å². The van der Waals surface area contributed by atoms with Crippen molar-refractivity contribution in [3.8, 4) is 5.69 Å². The van der Waals surface area contributed by atoms with Crippen LogP contribution in [0.3, 0.4) is 0 Å². The molecule has 0 radical (unpaired) electrons.